The van der Waals surface area contributed by atoms with Gasteiger partial charge in [-0.05, 0) is 50.1 Å². The van der Waals surface area contributed by atoms with Crippen LogP contribution in [0.1, 0.15) is 27.0 Å². The van der Waals surface area contributed by atoms with Gasteiger partial charge >= 0.3 is 0 Å². The molecule has 2 N–H and O–H groups in total. The van der Waals surface area contributed by atoms with Gasteiger partial charge in [0.15, 0.2) is 0 Å². The fourth-order valence-corrected chi connectivity index (χ4v) is 3.31. The molecular weight excluding hydrogens is 334 g/mol. The molecular formula is C23H21N3O. The minimum Gasteiger partial charge on any atom is -0.297 e. The van der Waals surface area contributed by atoms with Gasteiger partial charge in [-0.15, -0.1) is 0 Å². The van der Waals surface area contributed by atoms with Gasteiger partial charge in [0.2, 0.25) is 0 Å². The van der Waals surface area contributed by atoms with Crippen LogP contribution >= 0.6 is 0 Å². The van der Waals surface area contributed by atoms with Crippen LogP contribution in [0.2, 0.25) is 0 Å². The number of para-hydroxylation sites is 1. The van der Waals surface area contributed by atoms with Crippen LogP contribution < -0.4 is 10.9 Å². The number of anilines is 1. The van der Waals surface area contributed by atoms with Crippen molar-refractivity contribution in [1.29, 1.82) is 0 Å². The average Bonchev–Trinajstić information content (AvgIpc) is 2.68. The second-order valence-corrected chi connectivity index (χ2v) is 6.86. The molecule has 0 aliphatic rings. The van der Waals surface area contributed by atoms with E-state index in [-0.39, 0.29) is 5.91 Å². The van der Waals surface area contributed by atoms with E-state index in [1.54, 1.807) is 6.07 Å². The van der Waals surface area contributed by atoms with Gasteiger partial charge in [0, 0.05) is 16.3 Å². The summed E-state index contributed by atoms with van der Waals surface area (Å²) in [6.45, 7) is 6.13. The Labute approximate surface area is 158 Å². The molecule has 0 fully saturated rings. The van der Waals surface area contributed by atoms with Gasteiger partial charge in [0.1, 0.15) is 0 Å². The van der Waals surface area contributed by atoms with Crippen molar-refractivity contribution in [3.63, 3.8) is 0 Å². The summed E-state index contributed by atoms with van der Waals surface area (Å²) in [5.41, 5.74) is 12.7. The standard InChI is InChI=1S/C23H21N3O/c1-14-7-6-8-17(13-14)23(27)26-25-22-18-9-4-5-10-20(18)24-21-16(3)15(2)11-12-19(21)22/h4-13H,1-3H3,(H,24,25)(H,26,27). The highest BCUT2D eigenvalue weighted by Crippen LogP contribution is 2.32. The number of hydrogen-bond acceptors (Lipinski definition) is 3. The summed E-state index contributed by atoms with van der Waals surface area (Å²) in [7, 11) is 0. The molecule has 0 saturated heterocycles. The van der Waals surface area contributed by atoms with Gasteiger partial charge in [-0.25, -0.2) is 4.98 Å². The molecule has 134 valence electrons. The van der Waals surface area contributed by atoms with Gasteiger partial charge in [-0.2, -0.15) is 0 Å². The lowest BCUT2D eigenvalue weighted by Crippen LogP contribution is -2.29. The van der Waals surface area contributed by atoms with Crippen molar-refractivity contribution in [2.24, 2.45) is 0 Å². The maximum Gasteiger partial charge on any atom is 0.269 e. The van der Waals surface area contributed by atoms with Crippen molar-refractivity contribution in [3.8, 4) is 0 Å². The second kappa shape index (κ2) is 6.72. The fraction of sp³-hybridized carbons (Fsp3) is 0.130. The number of aryl methyl sites for hydroxylation is 3. The molecule has 0 spiro atoms. The number of carbonyl (C=O) groups excluding carboxylic acids is 1. The monoisotopic (exact) mass is 355 g/mol. The van der Waals surface area contributed by atoms with E-state index in [0.29, 0.717) is 5.56 Å². The molecule has 3 aromatic carbocycles. The Morgan fingerprint density at radius 2 is 1.70 bits per heavy atom. The first kappa shape index (κ1) is 17.0. The van der Waals surface area contributed by atoms with E-state index in [9.17, 15) is 4.79 Å². The van der Waals surface area contributed by atoms with Gasteiger partial charge in [-0.3, -0.25) is 15.6 Å². The van der Waals surface area contributed by atoms with Crippen molar-refractivity contribution in [2.45, 2.75) is 20.8 Å². The number of aromatic nitrogens is 1. The van der Waals surface area contributed by atoms with Gasteiger partial charge in [0.05, 0.1) is 16.7 Å². The van der Waals surface area contributed by atoms with Crippen LogP contribution in [0, 0.1) is 20.8 Å². The van der Waals surface area contributed by atoms with E-state index >= 15 is 0 Å². The third-order valence-electron chi connectivity index (χ3n) is 4.96. The number of benzene rings is 3. The molecule has 4 nitrogen and oxygen atoms in total. The number of nitrogens with one attached hydrogen (secondary N) is 2. The topological polar surface area (TPSA) is 54.0 Å². The predicted molar refractivity (Wildman–Crippen MR) is 111 cm³/mol. The summed E-state index contributed by atoms with van der Waals surface area (Å²) in [6.07, 6.45) is 0. The van der Waals surface area contributed by atoms with Crippen LogP contribution in [-0.2, 0) is 0 Å². The van der Waals surface area contributed by atoms with E-state index in [4.69, 9.17) is 4.98 Å². The smallest absolute Gasteiger partial charge is 0.269 e. The average molecular weight is 355 g/mol. The molecule has 1 amide bonds. The van der Waals surface area contributed by atoms with Gasteiger partial charge < -0.3 is 0 Å². The summed E-state index contributed by atoms with van der Waals surface area (Å²) in [6, 6.07) is 19.6. The first-order chi connectivity index (χ1) is 13.0. The third kappa shape index (κ3) is 3.10. The number of hydrazine groups is 1. The van der Waals surface area contributed by atoms with Crippen molar-refractivity contribution >= 4 is 33.4 Å². The number of hydrogen-bond donors (Lipinski definition) is 2. The Hall–Kier alpha value is -3.40. The number of rotatable bonds is 3. The molecule has 0 bridgehead atoms. The normalized spacial score (nSPS) is 10.9. The summed E-state index contributed by atoms with van der Waals surface area (Å²) in [5.74, 6) is -0.170. The first-order valence-electron chi connectivity index (χ1n) is 8.96. The SMILES string of the molecule is Cc1cccc(C(=O)NNc2c3ccccc3nc3c(C)c(C)ccc23)c1. The van der Waals surface area contributed by atoms with E-state index in [1.807, 2.05) is 49.4 Å². The van der Waals surface area contributed by atoms with Crippen molar-refractivity contribution < 1.29 is 4.79 Å². The quantitative estimate of drug-likeness (QED) is 0.398. The number of amides is 1. The molecule has 4 rings (SSSR count). The van der Waals surface area contributed by atoms with E-state index in [0.717, 1.165) is 38.6 Å². The zero-order chi connectivity index (χ0) is 19.0. The van der Waals surface area contributed by atoms with Crippen LogP contribution in [0.4, 0.5) is 5.69 Å². The Bertz CT molecular complexity index is 1180. The van der Waals surface area contributed by atoms with Gasteiger partial charge in [-0.1, -0.05) is 48.0 Å². The zero-order valence-electron chi connectivity index (χ0n) is 15.6. The molecule has 4 aromatic rings. The van der Waals surface area contributed by atoms with Crippen LogP contribution in [-0.4, -0.2) is 10.9 Å². The zero-order valence-corrected chi connectivity index (χ0v) is 15.6. The number of nitrogens with zero attached hydrogens (tertiary/aromatic N) is 1. The van der Waals surface area contributed by atoms with Crippen LogP contribution in [0.3, 0.4) is 0 Å². The van der Waals surface area contributed by atoms with Crippen LogP contribution in [0.5, 0.6) is 0 Å². The van der Waals surface area contributed by atoms with E-state index in [1.165, 1.54) is 5.56 Å². The van der Waals surface area contributed by atoms with Crippen LogP contribution in [0.25, 0.3) is 21.8 Å². The largest absolute Gasteiger partial charge is 0.297 e. The third-order valence-corrected chi connectivity index (χ3v) is 4.96. The number of carbonyl (C=O) groups is 1. The van der Waals surface area contributed by atoms with Crippen molar-refractivity contribution in [3.05, 3.63) is 82.9 Å². The Morgan fingerprint density at radius 1 is 0.889 bits per heavy atom. The Balaban J connectivity index is 1.79. The lowest BCUT2D eigenvalue weighted by atomic mass is 10.0. The predicted octanol–water partition coefficient (Wildman–Crippen LogP) is 5.07. The lowest BCUT2D eigenvalue weighted by Gasteiger charge is -2.16. The molecule has 1 aromatic heterocycles. The highest BCUT2D eigenvalue weighted by atomic mass is 16.2. The molecule has 4 heteroatoms. The Kier molecular flexibility index (Phi) is 4.24. The maximum atomic E-state index is 12.6. The highest BCUT2D eigenvalue weighted by molar-refractivity contribution is 6.09. The molecule has 0 saturated carbocycles. The second-order valence-electron chi connectivity index (χ2n) is 6.86. The van der Waals surface area contributed by atoms with Crippen LogP contribution in [0.15, 0.2) is 60.7 Å². The molecule has 0 radical (unpaired) electrons. The maximum absolute atomic E-state index is 12.6. The molecule has 1 heterocycles. The highest BCUT2D eigenvalue weighted by Gasteiger charge is 2.13. The van der Waals surface area contributed by atoms with E-state index in [2.05, 4.69) is 36.8 Å². The molecule has 0 aliphatic carbocycles. The Morgan fingerprint density at radius 3 is 2.52 bits per heavy atom. The summed E-state index contributed by atoms with van der Waals surface area (Å²) in [5, 5.41) is 1.96. The molecule has 27 heavy (non-hydrogen) atoms. The summed E-state index contributed by atoms with van der Waals surface area (Å²) < 4.78 is 0. The fourth-order valence-electron chi connectivity index (χ4n) is 3.31. The summed E-state index contributed by atoms with van der Waals surface area (Å²) in [4.78, 5) is 17.4. The van der Waals surface area contributed by atoms with Crippen molar-refractivity contribution in [1.82, 2.24) is 10.4 Å². The summed E-state index contributed by atoms with van der Waals surface area (Å²) >= 11 is 0. The minimum absolute atomic E-state index is 0.170. The molecule has 0 atom stereocenters. The number of fused-ring (bicyclic) bond motifs is 2. The minimum atomic E-state index is -0.170. The van der Waals surface area contributed by atoms with Crippen molar-refractivity contribution in [2.75, 3.05) is 5.43 Å². The first-order valence-corrected chi connectivity index (χ1v) is 8.96. The van der Waals surface area contributed by atoms with Gasteiger partial charge in [0.25, 0.3) is 5.91 Å². The lowest BCUT2D eigenvalue weighted by molar-refractivity contribution is 0.0962. The number of pyridine rings is 1. The van der Waals surface area contributed by atoms with E-state index < -0.39 is 0 Å². The molecule has 0 unspecified atom stereocenters. The molecule has 0 aliphatic heterocycles.